The minimum atomic E-state index is -0.677. The molecule has 0 unspecified atom stereocenters. The first-order valence-electron chi connectivity index (χ1n) is 9.90. The summed E-state index contributed by atoms with van der Waals surface area (Å²) in [7, 11) is 0. The Morgan fingerprint density at radius 3 is 2.45 bits per heavy atom. The largest absolute Gasteiger partial charge is 0.337 e. The monoisotopic (exact) mass is 446 g/mol. The first-order chi connectivity index (χ1) is 14.0. The highest BCUT2D eigenvalue weighted by molar-refractivity contribution is 8.03. The molecule has 1 N–H and O–H groups in total. The number of carbonyl (C=O) groups excluding carboxylic acids is 1. The van der Waals surface area contributed by atoms with E-state index < -0.39 is 5.54 Å². The molecule has 154 valence electrons. The van der Waals surface area contributed by atoms with Gasteiger partial charge in [-0.2, -0.15) is 5.26 Å². The third-order valence-electron chi connectivity index (χ3n) is 5.02. The normalized spacial score (nSPS) is 15.8. The van der Waals surface area contributed by atoms with Crippen molar-refractivity contribution in [3.05, 3.63) is 35.4 Å². The fourth-order valence-electron chi connectivity index (χ4n) is 3.31. The molecule has 1 aliphatic rings. The van der Waals surface area contributed by atoms with E-state index >= 15 is 0 Å². The van der Waals surface area contributed by atoms with E-state index in [1.165, 1.54) is 34.2 Å². The van der Waals surface area contributed by atoms with Gasteiger partial charge in [-0.25, -0.2) is 0 Å². The Hall–Kier alpha value is -1.56. The number of nitrogens with one attached hydrogen (secondary N) is 1. The number of nitrogens with zero attached hydrogens (tertiary/aromatic N) is 3. The van der Waals surface area contributed by atoms with Gasteiger partial charge in [-0.3, -0.25) is 4.79 Å². The maximum Gasteiger partial charge on any atom is 0.231 e. The van der Waals surface area contributed by atoms with Crippen molar-refractivity contribution in [2.24, 2.45) is 0 Å². The van der Waals surface area contributed by atoms with Gasteiger partial charge in [0.05, 0.1) is 11.8 Å². The second-order valence-electron chi connectivity index (χ2n) is 7.61. The van der Waals surface area contributed by atoms with Crippen LogP contribution in [0.2, 0.25) is 0 Å². The average molecular weight is 447 g/mol. The second-order valence-corrected chi connectivity index (χ2v) is 11.0. The first kappa shape index (κ1) is 22.1. The molecule has 1 saturated carbocycles. The number of amides is 1. The molecule has 1 aliphatic carbocycles. The Kier molecular flexibility index (Phi) is 7.99. The van der Waals surface area contributed by atoms with Crippen LogP contribution in [0.25, 0.3) is 0 Å². The number of aromatic nitrogens is 2. The zero-order valence-corrected chi connectivity index (χ0v) is 19.3. The topological polar surface area (TPSA) is 78.7 Å². The van der Waals surface area contributed by atoms with Crippen LogP contribution in [0.1, 0.15) is 63.0 Å². The Morgan fingerprint density at radius 2 is 1.83 bits per heavy atom. The molecule has 1 heterocycles. The Balaban J connectivity index is 1.45. The van der Waals surface area contributed by atoms with Crippen LogP contribution in [0.15, 0.2) is 32.9 Å². The van der Waals surface area contributed by atoms with Crippen molar-refractivity contribution >= 4 is 40.8 Å². The molecule has 1 fully saturated rings. The Morgan fingerprint density at radius 1 is 1.17 bits per heavy atom. The van der Waals surface area contributed by atoms with E-state index in [1.54, 1.807) is 11.8 Å². The lowest BCUT2D eigenvalue weighted by molar-refractivity contribution is -0.120. The van der Waals surface area contributed by atoms with Gasteiger partial charge in [0, 0.05) is 5.75 Å². The quantitative estimate of drug-likeness (QED) is 0.548. The fourth-order valence-corrected chi connectivity index (χ4v) is 6.08. The van der Waals surface area contributed by atoms with E-state index in [1.807, 2.05) is 0 Å². The van der Waals surface area contributed by atoms with Gasteiger partial charge in [0.25, 0.3) is 0 Å². The van der Waals surface area contributed by atoms with Crippen LogP contribution in [0.4, 0.5) is 0 Å². The highest BCUT2D eigenvalue weighted by Gasteiger charge is 2.33. The van der Waals surface area contributed by atoms with Crippen molar-refractivity contribution in [1.29, 1.82) is 5.26 Å². The van der Waals surface area contributed by atoms with Crippen molar-refractivity contribution in [3.8, 4) is 6.07 Å². The Labute approximate surface area is 185 Å². The molecule has 0 bridgehead atoms. The standard InChI is InChI=1S/C21H26N4OS3/c1-15(2)17-8-6-16(7-9-17)12-27-19-24-25-20(29-19)28-13-18(26)23-21(14-22)10-4-3-5-11-21/h6-9,15H,3-5,10-13H2,1-2H3,(H,23,26). The summed E-state index contributed by atoms with van der Waals surface area (Å²) in [5.41, 5.74) is 1.93. The average Bonchev–Trinajstić information content (AvgIpc) is 3.19. The first-order valence-corrected chi connectivity index (χ1v) is 12.7. The summed E-state index contributed by atoms with van der Waals surface area (Å²) in [6.07, 6.45) is 4.63. The highest BCUT2D eigenvalue weighted by atomic mass is 32.2. The molecule has 1 amide bonds. The number of carbonyl (C=O) groups is 1. The van der Waals surface area contributed by atoms with Gasteiger partial charge in [0.15, 0.2) is 8.68 Å². The zero-order valence-electron chi connectivity index (χ0n) is 16.8. The number of benzene rings is 1. The summed E-state index contributed by atoms with van der Waals surface area (Å²) in [6, 6.07) is 11.0. The lowest BCUT2D eigenvalue weighted by atomic mass is 9.83. The zero-order chi connectivity index (χ0) is 20.7. The van der Waals surface area contributed by atoms with E-state index in [2.05, 4.69) is 59.7 Å². The summed E-state index contributed by atoms with van der Waals surface area (Å²) >= 11 is 4.56. The molecule has 29 heavy (non-hydrogen) atoms. The van der Waals surface area contributed by atoms with Crippen LogP contribution in [-0.2, 0) is 10.5 Å². The van der Waals surface area contributed by atoms with Gasteiger partial charge < -0.3 is 5.32 Å². The van der Waals surface area contributed by atoms with Gasteiger partial charge >= 0.3 is 0 Å². The van der Waals surface area contributed by atoms with Crippen LogP contribution in [0.5, 0.6) is 0 Å². The molecule has 0 atom stereocenters. The molecule has 3 rings (SSSR count). The van der Waals surface area contributed by atoms with Crippen molar-refractivity contribution in [2.45, 2.75) is 71.8 Å². The third-order valence-corrected chi connectivity index (χ3v) is 8.28. The highest BCUT2D eigenvalue weighted by Crippen LogP contribution is 2.32. The third kappa shape index (κ3) is 6.46. The number of thioether (sulfide) groups is 2. The van der Waals surface area contributed by atoms with Crippen molar-refractivity contribution in [3.63, 3.8) is 0 Å². The van der Waals surface area contributed by atoms with Crippen molar-refractivity contribution in [2.75, 3.05) is 5.75 Å². The lowest BCUT2D eigenvalue weighted by Gasteiger charge is -2.31. The fraction of sp³-hybridized carbons (Fsp3) is 0.524. The van der Waals surface area contributed by atoms with Gasteiger partial charge in [-0.05, 0) is 29.9 Å². The maximum absolute atomic E-state index is 12.3. The van der Waals surface area contributed by atoms with E-state index in [-0.39, 0.29) is 11.7 Å². The molecule has 0 spiro atoms. The van der Waals surface area contributed by atoms with Gasteiger partial charge in [0.2, 0.25) is 5.91 Å². The van der Waals surface area contributed by atoms with Crippen LogP contribution < -0.4 is 5.32 Å². The SMILES string of the molecule is CC(C)c1ccc(CSc2nnc(SCC(=O)NC3(C#N)CCCCC3)s2)cc1. The number of hydrogen-bond donors (Lipinski definition) is 1. The molecule has 2 aromatic rings. The van der Waals surface area contributed by atoms with Crippen LogP contribution in [-0.4, -0.2) is 27.4 Å². The molecule has 1 aromatic carbocycles. The van der Waals surface area contributed by atoms with E-state index in [0.717, 1.165) is 46.5 Å². The van der Waals surface area contributed by atoms with E-state index in [9.17, 15) is 10.1 Å². The van der Waals surface area contributed by atoms with Gasteiger partial charge in [-0.1, -0.05) is 92.2 Å². The van der Waals surface area contributed by atoms with Crippen LogP contribution in [0, 0.1) is 11.3 Å². The molecule has 0 saturated heterocycles. The smallest absolute Gasteiger partial charge is 0.231 e. The summed E-state index contributed by atoms with van der Waals surface area (Å²) in [5, 5.41) is 20.8. The van der Waals surface area contributed by atoms with Crippen LogP contribution in [0.3, 0.4) is 0 Å². The summed E-state index contributed by atoms with van der Waals surface area (Å²) in [4.78, 5) is 12.3. The minimum Gasteiger partial charge on any atom is -0.337 e. The molecule has 8 heteroatoms. The molecular formula is C21H26N4OS3. The molecule has 5 nitrogen and oxygen atoms in total. The predicted octanol–water partition coefficient (Wildman–Crippen LogP) is 5.39. The summed E-state index contributed by atoms with van der Waals surface area (Å²) in [5.74, 6) is 1.55. The molecule has 1 aromatic heterocycles. The summed E-state index contributed by atoms with van der Waals surface area (Å²) < 4.78 is 1.69. The Bertz CT molecular complexity index is 852. The molecule has 0 aliphatic heterocycles. The predicted molar refractivity (Wildman–Crippen MR) is 120 cm³/mol. The number of nitriles is 1. The molecular weight excluding hydrogens is 420 g/mol. The minimum absolute atomic E-state index is 0.104. The maximum atomic E-state index is 12.3. The van der Waals surface area contributed by atoms with Crippen molar-refractivity contribution < 1.29 is 4.79 Å². The van der Waals surface area contributed by atoms with Gasteiger partial charge in [-0.15, -0.1) is 10.2 Å². The van der Waals surface area contributed by atoms with Gasteiger partial charge in [0.1, 0.15) is 5.54 Å². The number of rotatable bonds is 8. The van der Waals surface area contributed by atoms with Crippen molar-refractivity contribution in [1.82, 2.24) is 15.5 Å². The summed E-state index contributed by atoms with van der Waals surface area (Å²) in [6.45, 7) is 4.39. The van der Waals surface area contributed by atoms with E-state index in [0.29, 0.717) is 5.92 Å². The number of hydrogen-bond acceptors (Lipinski definition) is 7. The lowest BCUT2D eigenvalue weighted by Crippen LogP contribution is -2.49. The second kappa shape index (κ2) is 10.5. The van der Waals surface area contributed by atoms with Crippen LogP contribution >= 0.6 is 34.9 Å². The molecule has 0 radical (unpaired) electrons. The van der Waals surface area contributed by atoms with E-state index in [4.69, 9.17) is 0 Å².